The molecule has 88 valence electrons. The standard InChI is InChI=1S/C13H18FNO/c1-16-13-8-4-7-12(14)11(13)9-15-10-5-2-3-6-10/h4,7-8,10,15H,2-3,5-6,9H2,1H3. The lowest BCUT2D eigenvalue weighted by Gasteiger charge is -2.14. The molecule has 0 bridgehead atoms. The Labute approximate surface area is 95.8 Å². The normalized spacial score (nSPS) is 16.6. The highest BCUT2D eigenvalue weighted by molar-refractivity contribution is 5.34. The maximum Gasteiger partial charge on any atom is 0.131 e. The number of ether oxygens (including phenoxy) is 1. The Bertz CT molecular complexity index is 348. The Morgan fingerprint density at radius 2 is 2.12 bits per heavy atom. The van der Waals surface area contributed by atoms with Gasteiger partial charge in [-0.25, -0.2) is 4.39 Å². The molecule has 1 aromatic carbocycles. The highest BCUT2D eigenvalue weighted by Crippen LogP contribution is 2.23. The second-order valence-electron chi connectivity index (χ2n) is 4.28. The molecule has 2 rings (SSSR count). The van der Waals surface area contributed by atoms with Crippen molar-refractivity contribution < 1.29 is 9.13 Å². The third-order valence-corrected chi connectivity index (χ3v) is 3.22. The van der Waals surface area contributed by atoms with Crippen molar-refractivity contribution >= 4 is 0 Å². The molecule has 0 aromatic heterocycles. The molecule has 1 fully saturated rings. The maximum absolute atomic E-state index is 13.6. The molecule has 1 aromatic rings. The van der Waals surface area contributed by atoms with E-state index in [2.05, 4.69) is 5.32 Å². The van der Waals surface area contributed by atoms with Crippen LogP contribution in [-0.2, 0) is 6.54 Å². The number of benzene rings is 1. The molecule has 3 heteroatoms. The van der Waals surface area contributed by atoms with Gasteiger partial charge in [0, 0.05) is 18.2 Å². The molecule has 0 heterocycles. The molecule has 1 saturated carbocycles. The zero-order valence-corrected chi connectivity index (χ0v) is 9.63. The van der Waals surface area contributed by atoms with Crippen LogP contribution in [0.25, 0.3) is 0 Å². The lowest BCUT2D eigenvalue weighted by molar-refractivity contribution is 0.398. The van der Waals surface area contributed by atoms with E-state index in [1.54, 1.807) is 19.2 Å². The summed E-state index contributed by atoms with van der Waals surface area (Å²) in [4.78, 5) is 0. The van der Waals surface area contributed by atoms with Crippen molar-refractivity contribution in [2.24, 2.45) is 0 Å². The van der Waals surface area contributed by atoms with Crippen LogP contribution in [0.5, 0.6) is 5.75 Å². The topological polar surface area (TPSA) is 21.3 Å². The van der Waals surface area contributed by atoms with Gasteiger partial charge in [-0.3, -0.25) is 0 Å². The van der Waals surface area contributed by atoms with Gasteiger partial charge in [0.15, 0.2) is 0 Å². The monoisotopic (exact) mass is 223 g/mol. The van der Waals surface area contributed by atoms with E-state index < -0.39 is 0 Å². The van der Waals surface area contributed by atoms with Crippen LogP contribution >= 0.6 is 0 Å². The van der Waals surface area contributed by atoms with Gasteiger partial charge in [-0.05, 0) is 25.0 Å². The lowest BCUT2D eigenvalue weighted by atomic mass is 10.1. The van der Waals surface area contributed by atoms with E-state index in [1.165, 1.54) is 31.7 Å². The van der Waals surface area contributed by atoms with Crippen LogP contribution in [0, 0.1) is 5.82 Å². The van der Waals surface area contributed by atoms with Gasteiger partial charge in [-0.15, -0.1) is 0 Å². The Kier molecular flexibility index (Phi) is 3.78. The van der Waals surface area contributed by atoms with Crippen molar-refractivity contribution in [1.29, 1.82) is 0 Å². The molecule has 16 heavy (non-hydrogen) atoms. The number of rotatable bonds is 4. The Hall–Kier alpha value is -1.09. The fraction of sp³-hybridized carbons (Fsp3) is 0.538. The summed E-state index contributed by atoms with van der Waals surface area (Å²) in [6.07, 6.45) is 4.98. The van der Waals surface area contributed by atoms with Crippen LogP contribution in [0.15, 0.2) is 18.2 Å². The van der Waals surface area contributed by atoms with Gasteiger partial charge in [-0.1, -0.05) is 18.9 Å². The molecule has 0 atom stereocenters. The molecule has 0 saturated heterocycles. The van der Waals surface area contributed by atoms with E-state index in [-0.39, 0.29) is 5.82 Å². The van der Waals surface area contributed by atoms with Crippen molar-refractivity contribution in [3.63, 3.8) is 0 Å². The number of nitrogens with one attached hydrogen (secondary N) is 1. The fourth-order valence-electron chi connectivity index (χ4n) is 2.28. The van der Waals surface area contributed by atoms with Crippen molar-refractivity contribution in [2.75, 3.05) is 7.11 Å². The zero-order chi connectivity index (χ0) is 11.4. The molecule has 0 spiro atoms. The minimum absolute atomic E-state index is 0.190. The second-order valence-corrected chi connectivity index (χ2v) is 4.28. The zero-order valence-electron chi connectivity index (χ0n) is 9.63. The van der Waals surface area contributed by atoms with Crippen molar-refractivity contribution in [2.45, 2.75) is 38.3 Å². The van der Waals surface area contributed by atoms with Crippen LogP contribution in [-0.4, -0.2) is 13.2 Å². The summed E-state index contributed by atoms with van der Waals surface area (Å²) >= 11 is 0. The number of hydrogen-bond donors (Lipinski definition) is 1. The van der Waals surface area contributed by atoms with E-state index >= 15 is 0 Å². The SMILES string of the molecule is COc1cccc(F)c1CNC1CCCC1. The summed E-state index contributed by atoms with van der Waals surface area (Å²) in [5, 5.41) is 3.39. The third-order valence-electron chi connectivity index (χ3n) is 3.22. The average molecular weight is 223 g/mol. The van der Waals surface area contributed by atoms with E-state index in [1.807, 2.05) is 0 Å². The largest absolute Gasteiger partial charge is 0.496 e. The maximum atomic E-state index is 13.6. The van der Waals surface area contributed by atoms with E-state index in [9.17, 15) is 4.39 Å². The summed E-state index contributed by atoms with van der Waals surface area (Å²) in [5.74, 6) is 0.440. The highest BCUT2D eigenvalue weighted by Gasteiger charge is 2.16. The predicted molar refractivity (Wildman–Crippen MR) is 62.0 cm³/mol. The Morgan fingerprint density at radius 1 is 1.38 bits per heavy atom. The van der Waals surface area contributed by atoms with E-state index in [0.29, 0.717) is 23.9 Å². The highest BCUT2D eigenvalue weighted by atomic mass is 19.1. The minimum atomic E-state index is -0.190. The average Bonchev–Trinajstić information content (AvgIpc) is 2.80. The molecule has 1 aliphatic carbocycles. The first kappa shape index (κ1) is 11.4. The van der Waals surface area contributed by atoms with Gasteiger partial charge >= 0.3 is 0 Å². The first-order valence-corrected chi connectivity index (χ1v) is 5.86. The van der Waals surface area contributed by atoms with E-state index in [0.717, 1.165) is 0 Å². The van der Waals surface area contributed by atoms with Crippen molar-refractivity contribution in [3.05, 3.63) is 29.6 Å². The molecular formula is C13H18FNO. The summed E-state index contributed by atoms with van der Waals surface area (Å²) < 4.78 is 18.8. The summed E-state index contributed by atoms with van der Waals surface area (Å²) in [5.41, 5.74) is 0.636. The van der Waals surface area contributed by atoms with Crippen LogP contribution in [0.2, 0.25) is 0 Å². The van der Waals surface area contributed by atoms with Crippen LogP contribution in [0.1, 0.15) is 31.2 Å². The minimum Gasteiger partial charge on any atom is -0.496 e. The Morgan fingerprint density at radius 3 is 2.81 bits per heavy atom. The number of halogens is 1. The van der Waals surface area contributed by atoms with Gasteiger partial charge in [0.1, 0.15) is 11.6 Å². The molecule has 0 radical (unpaired) electrons. The molecule has 0 aliphatic heterocycles. The molecular weight excluding hydrogens is 205 g/mol. The second kappa shape index (κ2) is 5.30. The van der Waals surface area contributed by atoms with Gasteiger partial charge in [0.2, 0.25) is 0 Å². The summed E-state index contributed by atoms with van der Waals surface area (Å²) in [6, 6.07) is 5.50. The molecule has 0 amide bonds. The molecule has 0 unspecified atom stereocenters. The number of methoxy groups -OCH3 is 1. The molecule has 1 aliphatic rings. The first-order chi connectivity index (χ1) is 7.81. The predicted octanol–water partition coefficient (Wildman–Crippen LogP) is 2.87. The van der Waals surface area contributed by atoms with Crippen LogP contribution in [0.4, 0.5) is 4.39 Å². The van der Waals surface area contributed by atoms with Gasteiger partial charge in [-0.2, -0.15) is 0 Å². The van der Waals surface area contributed by atoms with Crippen LogP contribution < -0.4 is 10.1 Å². The van der Waals surface area contributed by atoms with Gasteiger partial charge in [0.05, 0.1) is 7.11 Å². The van der Waals surface area contributed by atoms with Crippen LogP contribution in [0.3, 0.4) is 0 Å². The van der Waals surface area contributed by atoms with Crippen molar-refractivity contribution in [1.82, 2.24) is 5.32 Å². The van der Waals surface area contributed by atoms with E-state index in [4.69, 9.17) is 4.74 Å². The lowest BCUT2D eigenvalue weighted by Crippen LogP contribution is -2.26. The molecule has 1 N–H and O–H groups in total. The summed E-state index contributed by atoms with van der Waals surface area (Å²) in [7, 11) is 1.58. The quantitative estimate of drug-likeness (QED) is 0.847. The van der Waals surface area contributed by atoms with Gasteiger partial charge in [0.25, 0.3) is 0 Å². The Balaban J connectivity index is 2.01. The fourth-order valence-corrected chi connectivity index (χ4v) is 2.28. The number of hydrogen-bond acceptors (Lipinski definition) is 2. The van der Waals surface area contributed by atoms with Gasteiger partial charge < -0.3 is 10.1 Å². The smallest absolute Gasteiger partial charge is 0.131 e. The third kappa shape index (κ3) is 2.53. The first-order valence-electron chi connectivity index (χ1n) is 5.86. The summed E-state index contributed by atoms with van der Waals surface area (Å²) in [6.45, 7) is 0.556. The van der Waals surface area contributed by atoms with Crippen molar-refractivity contribution in [3.8, 4) is 5.75 Å². The molecule has 2 nitrogen and oxygen atoms in total.